The van der Waals surface area contributed by atoms with Crippen molar-refractivity contribution < 1.29 is 32.2 Å². The second-order valence-electron chi connectivity index (χ2n) is 4.27. The van der Waals surface area contributed by atoms with E-state index in [4.69, 9.17) is 9.84 Å². The van der Waals surface area contributed by atoms with Crippen LogP contribution in [-0.4, -0.2) is 36.4 Å². The smallest absolute Gasteiger partial charge is 0.416 e. The number of aliphatic hydroxyl groups excluding tert-OH is 1. The van der Waals surface area contributed by atoms with Crippen LogP contribution in [0.4, 0.5) is 17.6 Å². The Morgan fingerprint density at radius 3 is 2.48 bits per heavy atom. The van der Waals surface area contributed by atoms with Crippen molar-refractivity contribution >= 4 is 5.91 Å². The lowest BCUT2D eigenvalue weighted by Crippen LogP contribution is -2.40. The monoisotopic (exact) mass is 309 g/mol. The van der Waals surface area contributed by atoms with Crippen LogP contribution in [-0.2, 0) is 4.79 Å². The van der Waals surface area contributed by atoms with Crippen LogP contribution in [0.15, 0.2) is 24.3 Å². The van der Waals surface area contributed by atoms with Gasteiger partial charge in [-0.25, -0.2) is 4.39 Å². The fraction of sp³-hybridized carbons (Fsp3) is 0.462. The summed E-state index contributed by atoms with van der Waals surface area (Å²) in [5, 5.41) is 10.7. The van der Waals surface area contributed by atoms with E-state index < -0.39 is 30.5 Å². The Labute approximate surface area is 118 Å². The molecule has 0 fully saturated rings. The lowest BCUT2D eigenvalue weighted by molar-refractivity contribution is -0.201. The van der Waals surface area contributed by atoms with Crippen LogP contribution in [0.5, 0.6) is 5.75 Å². The van der Waals surface area contributed by atoms with Crippen LogP contribution in [0, 0.1) is 5.82 Å². The second-order valence-corrected chi connectivity index (χ2v) is 4.27. The van der Waals surface area contributed by atoms with Crippen molar-refractivity contribution in [2.75, 3.05) is 13.2 Å². The van der Waals surface area contributed by atoms with Crippen LogP contribution in [0.1, 0.15) is 12.8 Å². The molecule has 4 nitrogen and oxygen atoms in total. The van der Waals surface area contributed by atoms with Gasteiger partial charge in [0.2, 0.25) is 5.91 Å². The van der Waals surface area contributed by atoms with Gasteiger partial charge in [-0.3, -0.25) is 4.79 Å². The molecule has 1 rings (SSSR count). The molecule has 1 unspecified atom stereocenters. The van der Waals surface area contributed by atoms with Crippen LogP contribution < -0.4 is 10.1 Å². The first-order chi connectivity index (χ1) is 9.79. The van der Waals surface area contributed by atoms with E-state index in [1.54, 1.807) is 0 Å². The van der Waals surface area contributed by atoms with E-state index in [1.165, 1.54) is 24.3 Å². The van der Waals surface area contributed by atoms with Crippen LogP contribution in [0.25, 0.3) is 0 Å². The Bertz CT molecular complexity index is 448. The molecular weight excluding hydrogens is 294 g/mol. The van der Waals surface area contributed by atoms with Crippen molar-refractivity contribution in [2.45, 2.75) is 25.1 Å². The van der Waals surface area contributed by atoms with Crippen LogP contribution in [0.2, 0.25) is 0 Å². The fourth-order valence-corrected chi connectivity index (χ4v) is 1.37. The highest BCUT2D eigenvalue weighted by Gasteiger charge is 2.38. The molecule has 0 aliphatic heterocycles. The molecule has 8 heteroatoms. The summed E-state index contributed by atoms with van der Waals surface area (Å²) in [6.07, 6.45) is -7.08. The van der Waals surface area contributed by atoms with Crippen molar-refractivity contribution in [3.05, 3.63) is 30.1 Å². The second kappa shape index (κ2) is 7.82. The van der Waals surface area contributed by atoms with Gasteiger partial charge in [-0.2, -0.15) is 13.2 Å². The topological polar surface area (TPSA) is 58.6 Å². The standard InChI is InChI=1S/C13H15F4NO3/c14-9-3-5-10(6-4-9)21-7-1-2-12(20)18-8-11(19)13(15,16)17/h3-6,11,19H,1-2,7-8H2,(H,18,20). The average molecular weight is 309 g/mol. The number of hydrogen-bond acceptors (Lipinski definition) is 3. The van der Waals surface area contributed by atoms with Gasteiger partial charge in [0, 0.05) is 6.42 Å². The van der Waals surface area contributed by atoms with Crippen molar-refractivity contribution in [2.24, 2.45) is 0 Å². The number of rotatable bonds is 7. The lowest BCUT2D eigenvalue weighted by Gasteiger charge is -2.14. The normalized spacial score (nSPS) is 12.8. The van der Waals surface area contributed by atoms with Crippen molar-refractivity contribution in [1.29, 1.82) is 0 Å². The zero-order valence-electron chi connectivity index (χ0n) is 11.0. The number of carbonyl (C=O) groups is 1. The summed E-state index contributed by atoms with van der Waals surface area (Å²) in [7, 11) is 0. The van der Waals surface area contributed by atoms with Gasteiger partial charge in [0.05, 0.1) is 13.2 Å². The lowest BCUT2D eigenvalue weighted by atomic mass is 10.3. The predicted molar refractivity (Wildman–Crippen MR) is 66.2 cm³/mol. The number of carbonyl (C=O) groups excluding carboxylic acids is 1. The van der Waals surface area contributed by atoms with Crippen LogP contribution >= 0.6 is 0 Å². The van der Waals surface area contributed by atoms with E-state index in [-0.39, 0.29) is 19.4 Å². The maximum absolute atomic E-state index is 12.6. The molecule has 0 heterocycles. The van der Waals surface area contributed by atoms with Crippen LogP contribution in [0.3, 0.4) is 0 Å². The first-order valence-corrected chi connectivity index (χ1v) is 6.19. The molecule has 1 amide bonds. The van der Waals surface area contributed by atoms with Gasteiger partial charge < -0.3 is 15.2 Å². The minimum atomic E-state index is -4.75. The number of aliphatic hydroxyl groups is 1. The molecule has 21 heavy (non-hydrogen) atoms. The SMILES string of the molecule is O=C(CCCOc1ccc(F)cc1)NCC(O)C(F)(F)F. The predicted octanol–water partition coefficient (Wildman–Crippen LogP) is 2.02. The average Bonchev–Trinajstić information content (AvgIpc) is 2.41. The molecule has 118 valence electrons. The number of halogens is 4. The molecule has 0 saturated carbocycles. The summed E-state index contributed by atoms with van der Waals surface area (Å²) in [4.78, 5) is 11.2. The zero-order valence-corrected chi connectivity index (χ0v) is 11.0. The summed E-state index contributed by atoms with van der Waals surface area (Å²) in [5.74, 6) is -0.574. The third-order valence-corrected chi connectivity index (χ3v) is 2.50. The first-order valence-electron chi connectivity index (χ1n) is 6.19. The third-order valence-electron chi connectivity index (χ3n) is 2.50. The zero-order chi connectivity index (χ0) is 15.9. The Kier molecular flexibility index (Phi) is 6.41. The molecule has 0 aliphatic carbocycles. The summed E-state index contributed by atoms with van der Waals surface area (Å²) in [6.45, 7) is -0.706. The molecule has 0 radical (unpaired) electrons. The van der Waals surface area contributed by atoms with Crippen molar-refractivity contribution in [3.63, 3.8) is 0 Å². The van der Waals surface area contributed by atoms with E-state index in [0.717, 1.165) is 0 Å². The Morgan fingerprint density at radius 1 is 1.29 bits per heavy atom. The summed E-state index contributed by atoms with van der Waals surface area (Å²) >= 11 is 0. The highest BCUT2D eigenvalue weighted by Crippen LogP contribution is 2.19. The van der Waals surface area contributed by atoms with Gasteiger partial charge in [-0.1, -0.05) is 0 Å². The van der Waals surface area contributed by atoms with Gasteiger partial charge in [0.15, 0.2) is 6.10 Å². The molecule has 0 bridgehead atoms. The highest BCUT2D eigenvalue weighted by atomic mass is 19.4. The van der Waals surface area contributed by atoms with Gasteiger partial charge in [-0.15, -0.1) is 0 Å². The van der Waals surface area contributed by atoms with E-state index in [1.807, 2.05) is 5.32 Å². The van der Waals surface area contributed by atoms with Gasteiger partial charge in [-0.05, 0) is 30.7 Å². The number of benzene rings is 1. The largest absolute Gasteiger partial charge is 0.494 e. The number of nitrogens with one attached hydrogen (secondary N) is 1. The minimum Gasteiger partial charge on any atom is -0.494 e. The van der Waals surface area contributed by atoms with Crippen molar-refractivity contribution in [3.8, 4) is 5.75 Å². The number of hydrogen-bond donors (Lipinski definition) is 2. The Morgan fingerprint density at radius 2 is 1.90 bits per heavy atom. The number of amides is 1. The molecule has 0 aliphatic rings. The molecule has 1 aromatic carbocycles. The summed E-state index contributed by atoms with van der Waals surface area (Å²) in [5.41, 5.74) is 0. The summed E-state index contributed by atoms with van der Waals surface area (Å²) < 4.78 is 53.7. The Hall–Kier alpha value is -1.83. The fourth-order valence-electron chi connectivity index (χ4n) is 1.37. The molecule has 0 saturated heterocycles. The summed E-state index contributed by atoms with van der Waals surface area (Å²) in [6, 6.07) is 5.30. The van der Waals surface area contributed by atoms with E-state index in [9.17, 15) is 22.4 Å². The third kappa shape index (κ3) is 6.94. The van der Waals surface area contributed by atoms with E-state index >= 15 is 0 Å². The number of ether oxygens (including phenoxy) is 1. The molecule has 1 aromatic rings. The molecule has 0 spiro atoms. The molecular formula is C13H15F4NO3. The molecule has 1 atom stereocenters. The van der Waals surface area contributed by atoms with E-state index in [0.29, 0.717) is 5.75 Å². The van der Waals surface area contributed by atoms with Gasteiger partial charge in [0.25, 0.3) is 0 Å². The molecule has 0 aromatic heterocycles. The van der Waals surface area contributed by atoms with Crippen molar-refractivity contribution in [1.82, 2.24) is 5.32 Å². The quantitative estimate of drug-likeness (QED) is 0.598. The minimum absolute atomic E-state index is 0.0359. The number of alkyl halides is 3. The van der Waals surface area contributed by atoms with Gasteiger partial charge in [0.1, 0.15) is 11.6 Å². The highest BCUT2D eigenvalue weighted by molar-refractivity contribution is 5.75. The Balaban J connectivity index is 2.15. The van der Waals surface area contributed by atoms with Gasteiger partial charge >= 0.3 is 6.18 Å². The maximum Gasteiger partial charge on any atom is 0.416 e. The maximum atomic E-state index is 12.6. The van der Waals surface area contributed by atoms with E-state index in [2.05, 4.69) is 0 Å². The first kappa shape index (κ1) is 17.2. The molecule has 2 N–H and O–H groups in total.